The molecular weight excluding hydrogens is 242 g/mol. The summed E-state index contributed by atoms with van der Waals surface area (Å²) in [5.41, 5.74) is 2.57. The van der Waals surface area contributed by atoms with Crippen LogP contribution in [0.4, 0.5) is 0 Å². The topological polar surface area (TPSA) is 58.6 Å². The molecule has 1 aromatic carbocycles. The van der Waals surface area contributed by atoms with Crippen molar-refractivity contribution in [1.82, 2.24) is 5.32 Å². The highest BCUT2D eigenvalue weighted by Crippen LogP contribution is 2.25. The molecule has 0 saturated heterocycles. The van der Waals surface area contributed by atoms with Gasteiger partial charge in [0.1, 0.15) is 5.75 Å². The maximum atomic E-state index is 11.8. The van der Waals surface area contributed by atoms with E-state index >= 15 is 0 Å². The Morgan fingerprint density at radius 1 is 1.26 bits per heavy atom. The Morgan fingerprint density at radius 3 is 2.42 bits per heavy atom. The van der Waals surface area contributed by atoms with E-state index in [1.54, 1.807) is 13.8 Å². The summed E-state index contributed by atoms with van der Waals surface area (Å²) in [7, 11) is 0. The quantitative estimate of drug-likeness (QED) is 0.854. The molecule has 1 rings (SSSR count). The molecule has 0 spiro atoms. The Morgan fingerprint density at radius 2 is 1.84 bits per heavy atom. The lowest BCUT2D eigenvalue weighted by Crippen LogP contribution is -2.48. The average Bonchev–Trinajstić information content (AvgIpc) is 2.33. The van der Waals surface area contributed by atoms with Crippen LogP contribution in [0.15, 0.2) is 12.1 Å². The molecule has 1 aromatic rings. The third kappa shape index (κ3) is 4.24. The van der Waals surface area contributed by atoms with Crippen LogP contribution in [0.2, 0.25) is 0 Å². The number of nitrogens with one attached hydrogen (secondary N) is 1. The zero-order valence-corrected chi connectivity index (χ0v) is 12.3. The second kappa shape index (κ2) is 6.06. The molecule has 0 saturated carbocycles. The van der Waals surface area contributed by atoms with Gasteiger partial charge in [0.2, 0.25) is 0 Å². The van der Waals surface area contributed by atoms with Gasteiger partial charge in [-0.3, -0.25) is 4.79 Å². The molecule has 1 amide bonds. The highest BCUT2D eigenvalue weighted by Gasteiger charge is 2.19. The average molecular weight is 265 g/mol. The number of carbonyl (C=O) groups is 1. The maximum absolute atomic E-state index is 11.8. The Hall–Kier alpha value is -1.55. The minimum atomic E-state index is -0.628. The maximum Gasteiger partial charge on any atom is 0.258 e. The van der Waals surface area contributed by atoms with Gasteiger partial charge < -0.3 is 15.2 Å². The van der Waals surface area contributed by atoms with E-state index < -0.39 is 5.54 Å². The second-order valence-electron chi connectivity index (χ2n) is 5.53. The number of amides is 1. The second-order valence-corrected chi connectivity index (χ2v) is 5.53. The molecular formula is C15H23NO3. The van der Waals surface area contributed by atoms with Crippen LogP contribution in [0.25, 0.3) is 0 Å². The number of aryl methyl sites for hydroxylation is 2. The standard InChI is InChI=1S/C15H23NO3/c1-10-6-7-11(2)14(12(10)3)19-8-13(18)16-15(4,5)9-17/h6-7,17H,8-9H2,1-5H3,(H,16,18). The van der Waals surface area contributed by atoms with Crippen LogP contribution in [-0.4, -0.2) is 29.8 Å². The van der Waals surface area contributed by atoms with Gasteiger partial charge in [-0.15, -0.1) is 0 Å². The number of aliphatic hydroxyl groups excluding tert-OH is 1. The summed E-state index contributed by atoms with van der Waals surface area (Å²) in [6.45, 7) is 9.30. The Balaban J connectivity index is 2.68. The lowest BCUT2D eigenvalue weighted by atomic mass is 10.1. The molecule has 0 fully saturated rings. The molecule has 4 heteroatoms. The van der Waals surface area contributed by atoms with Crippen LogP contribution in [-0.2, 0) is 4.79 Å². The van der Waals surface area contributed by atoms with E-state index in [2.05, 4.69) is 5.32 Å². The Labute approximate surface area is 114 Å². The molecule has 106 valence electrons. The van der Waals surface area contributed by atoms with Crippen molar-refractivity contribution in [3.05, 3.63) is 28.8 Å². The number of benzene rings is 1. The molecule has 0 aromatic heterocycles. The van der Waals surface area contributed by atoms with Crippen LogP contribution in [0.1, 0.15) is 30.5 Å². The molecule has 0 unspecified atom stereocenters. The fraction of sp³-hybridized carbons (Fsp3) is 0.533. The van der Waals surface area contributed by atoms with Crippen LogP contribution >= 0.6 is 0 Å². The fourth-order valence-corrected chi connectivity index (χ4v) is 1.74. The summed E-state index contributed by atoms with van der Waals surface area (Å²) in [5.74, 6) is 0.524. The molecule has 0 radical (unpaired) electrons. The molecule has 0 aliphatic heterocycles. The first-order chi connectivity index (χ1) is 8.76. The SMILES string of the molecule is Cc1ccc(C)c(OCC(=O)NC(C)(C)CO)c1C. The van der Waals surface area contributed by atoms with Gasteiger partial charge in [-0.2, -0.15) is 0 Å². The highest BCUT2D eigenvalue weighted by atomic mass is 16.5. The van der Waals surface area contributed by atoms with Crippen LogP contribution in [0, 0.1) is 20.8 Å². The van der Waals surface area contributed by atoms with E-state index in [-0.39, 0.29) is 19.1 Å². The summed E-state index contributed by atoms with van der Waals surface area (Å²) in [6, 6.07) is 4.01. The summed E-state index contributed by atoms with van der Waals surface area (Å²) < 4.78 is 5.61. The highest BCUT2D eigenvalue weighted by molar-refractivity contribution is 5.78. The van der Waals surface area contributed by atoms with Gasteiger partial charge in [0.15, 0.2) is 6.61 Å². The van der Waals surface area contributed by atoms with Crippen molar-refractivity contribution >= 4 is 5.91 Å². The van der Waals surface area contributed by atoms with Crippen molar-refractivity contribution in [1.29, 1.82) is 0 Å². The minimum Gasteiger partial charge on any atom is -0.483 e. The largest absolute Gasteiger partial charge is 0.483 e. The Kier molecular flexibility index (Phi) is 4.95. The molecule has 0 atom stereocenters. The van der Waals surface area contributed by atoms with Crippen molar-refractivity contribution in [2.45, 2.75) is 40.2 Å². The molecule has 2 N–H and O–H groups in total. The van der Waals surface area contributed by atoms with Crippen molar-refractivity contribution in [2.75, 3.05) is 13.2 Å². The zero-order valence-electron chi connectivity index (χ0n) is 12.3. The molecule has 0 bridgehead atoms. The molecule has 19 heavy (non-hydrogen) atoms. The molecule has 0 aliphatic carbocycles. The van der Waals surface area contributed by atoms with Gasteiger partial charge in [0.25, 0.3) is 5.91 Å². The van der Waals surface area contributed by atoms with E-state index in [1.807, 2.05) is 32.9 Å². The van der Waals surface area contributed by atoms with Gasteiger partial charge in [0.05, 0.1) is 12.1 Å². The van der Waals surface area contributed by atoms with Crippen molar-refractivity contribution in [3.63, 3.8) is 0 Å². The number of carbonyl (C=O) groups excluding carboxylic acids is 1. The summed E-state index contributed by atoms with van der Waals surface area (Å²) in [5, 5.41) is 11.8. The fourth-order valence-electron chi connectivity index (χ4n) is 1.74. The van der Waals surface area contributed by atoms with Crippen molar-refractivity contribution < 1.29 is 14.6 Å². The van der Waals surface area contributed by atoms with Crippen molar-refractivity contribution in [3.8, 4) is 5.75 Å². The van der Waals surface area contributed by atoms with E-state index in [9.17, 15) is 4.79 Å². The molecule has 0 aliphatic rings. The first kappa shape index (κ1) is 15.5. The van der Waals surface area contributed by atoms with Gasteiger partial charge >= 0.3 is 0 Å². The third-order valence-electron chi connectivity index (χ3n) is 3.09. The van der Waals surface area contributed by atoms with Gasteiger partial charge in [-0.05, 0) is 51.3 Å². The number of ether oxygens (including phenoxy) is 1. The van der Waals surface area contributed by atoms with Crippen LogP contribution < -0.4 is 10.1 Å². The summed E-state index contributed by atoms with van der Waals surface area (Å²) in [4.78, 5) is 11.8. The van der Waals surface area contributed by atoms with E-state index in [4.69, 9.17) is 9.84 Å². The first-order valence-corrected chi connectivity index (χ1v) is 6.38. The zero-order chi connectivity index (χ0) is 14.6. The lowest BCUT2D eigenvalue weighted by Gasteiger charge is -2.23. The van der Waals surface area contributed by atoms with Crippen LogP contribution in [0.5, 0.6) is 5.75 Å². The van der Waals surface area contributed by atoms with Gasteiger partial charge in [-0.25, -0.2) is 0 Å². The first-order valence-electron chi connectivity index (χ1n) is 6.38. The predicted molar refractivity (Wildman–Crippen MR) is 75.5 cm³/mol. The van der Waals surface area contributed by atoms with E-state index in [1.165, 1.54) is 0 Å². The summed E-state index contributed by atoms with van der Waals surface area (Å²) in [6.07, 6.45) is 0. The third-order valence-corrected chi connectivity index (χ3v) is 3.09. The monoisotopic (exact) mass is 265 g/mol. The molecule has 4 nitrogen and oxygen atoms in total. The number of hydrogen-bond donors (Lipinski definition) is 2. The minimum absolute atomic E-state index is 0.0471. The number of aliphatic hydroxyl groups is 1. The smallest absolute Gasteiger partial charge is 0.258 e. The van der Waals surface area contributed by atoms with E-state index in [0.717, 1.165) is 22.4 Å². The van der Waals surface area contributed by atoms with Gasteiger partial charge in [-0.1, -0.05) is 12.1 Å². The number of rotatable bonds is 5. The predicted octanol–water partition coefficient (Wildman–Crippen LogP) is 1.88. The number of hydrogen-bond acceptors (Lipinski definition) is 3. The normalized spacial score (nSPS) is 11.3. The Bertz CT molecular complexity index is 467. The summed E-state index contributed by atoms with van der Waals surface area (Å²) >= 11 is 0. The van der Waals surface area contributed by atoms with Crippen molar-refractivity contribution in [2.24, 2.45) is 0 Å². The van der Waals surface area contributed by atoms with Gasteiger partial charge in [0, 0.05) is 0 Å². The lowest BCUT2D eigenvalue weighted by molar-refractivity contribution is -0.125. The molecule has 0 heterocycles. The van der Waals surface area contributed by atoms with E-state index in [0.29, 0.717) is 0 Å². The van der Waals surface area contributed by atoms with Crippen LogP contribution in [0.3, 0.4) is 0 Å².